The third kappa shape index (κ3) is 5.57. The number of allylic oxidation sites excluding steroid dienone is 1. The Morgan fingerprint density at radius 3 is 2.54 bits per heavy atom. The number of esters is 1. The molecule has 35 heavy (non-hydrogen) atoms. The Hall–Kier alpha value is -0.790. The zero-order valence-corrected chi connectivity index (χ0v) is 24.0. The predicted molar refractivity (Wildman–Crippen MR) is 147 cm³/mol. The van der Waals surface area contributed by atoms with E-state index in [2.05, 4.69) is 47.6 Å². The number of unbranched alkanes of at least 4 members (excludes halogenated alkanes) is 2. The van der Waals surface area contributed by atoms with Crippen LogP contribution < -0.4 is 0 Å². The van der Waals surface area contributed by atoms with Crippen LogP contribution in [-0.2, 0) is 9.53 Å². The maximum atomic E-state index is 12.4. The van der Waals surface area contributed by atoms with Crippen LogP contribution in [0.2, 0.25) is 0 Å². The molecule has 4 aliphatic rings. The molecule has 4 aliphatic carbocycles. The van der Waals surface area contributed by atoms with Crippen LogP contribution in [-0.4, -0.2) is 12.1 Å². The smallest absolute Gasteiger partial charge is 0.306 e. The summed E-state index contributed by atoms with van der Waals surface area (Å²) < 4.78 is 5.96. The van der Waals surface area contributed by atoms with Crippen LogP contribution in [0.25, 0.3) is 0 Å². The molecule has 4 rings (SSSR count). The topological polar surface area (TPSA) is 26.3 Å². The van der Waals surface area contributed by atoms with E-state index >= 15 is 0 Å². The van der Waals surface area contributed by atoms with E-state index in [0.29, 0.717) is 17.3 Å². The monoisotopic (exact) mass is 484 g/mol. The average Bonchev–Trinajstić information content (AvgIpc) is 3.16. The van der Waals surface area contributed by atoms with Gasteiger partial charge in [0.1, 0.15) is 6.10 Å². The van der Waals surface area contributed by atoms with Crippen LogP contribution in [0.5, 0.6) is 0 Å². The zero-order valence-electron chi connectivity index (χ0n) is 24.0. The fraction of sp³-hybridized carbons (Fsp3) is 0.909. The van der Waals surface area contributed by atoms with E-state index in [1.54, 1.807) is 5.57 Å². The number of hydrogen-bond donors (Lipinski definition) is 0. The molecule has 3 fully saturated rings. The van der Waals surface area contributed by atoms with Gasteiger partial charge < -0.3 is 4.74 Å². The molecule has 8 unspecified atom stereocenters. The van der Waals surface area contributed by atoms with Gasteiger partial charge in [-0.3, -0.25) is 4.79 Å². The number of fused-ring (bicyclic) bond motifs is 5. The summed E-state index contributed by atoms with van der Waals surface area (Å²) in [6, 6.07) is 0. The highest BCUT2D eigenvalue weighted by molar-refractivity contribution is 5.69. The molecule has 0 heterocycles. The van der Waals surface area contributed by atoms with Crippen LogP contribution in [0.4, 0.5) is 0 Å². The summed E-state index contributed by atoms with van der Waals surface area (Å²) >= 11 is 0. The predicted octanol–water partition coefficient (Wildman–Crippen LogP) is 9.52. The highest BCUT2D eigenvalue weighted by atomic mass is 16.5. The van der Waals surface area contributed by atoms with Crippen LogP contribution in [0.1, 0.15) is 138 Å². The number of rotatable bonds is 10. The lowest BCUT2D eigenvalue weighted by molar-refractivity contribution is -0.151. The van der Waals surface area contributed by atoms with Crippen molar-refractivity contribution in [2.45, 2.75) is 144 Å². The van der Waals surface area contributed by atoms with Gasteiger partial charge in [-0.05, 0) is 97.7 Å². The van der Waals surface area contributed by atoms with Crippen molar-refractivity contribution in [3.8, 4) is 0 Å². The molecule has 0 spiro atoms. The standard InChI is InChI=1S/C33H56O2/c1-7-8-9-13-31(34)35-26-18-20-32(5)25(22-26)14-15-27-29-17-16-28(24(4)12-10-11-23(2)3)33(29,6)21-19-30(27)32/h14,23-24,26-30H,7-13,15-22H2,1-6H3. The van der Waals surface area contributed by atoms with Crippen LogP contribution >= 0.6 is 0 Å². The molecule has 3 saturated carbocycles. The summed E-state index contributed by atoms with van der Waals surface area (Å²) in [4.78, 5) is 12.4. The molecule has 0 aromatic rings. The number of carbonyl (C=O) groups excluding carboxylic acids is 1. The molecule has 0 aromatic carbocycles. The lowest BCUT2D eigenvalue weighted by atomic mass is 9.47. The van der Waals surface area contributed by atoms with Gasteiger partial charge in [0.2, 0.25) is 0 Å². The molecule has 0 amide bonds. The Labute approximate surface area is 217 Å². The second-order valence-electron chi connectivity index (χ2n) is 14.1. The normalized spacial score (nSPS) is 39.4. The fourth-order valence-corrected chi connectivity index (χ4v) is 9.52. The third-order valence-electron chi connectivity index (χ3n) is 11.5. The second kappa shape index (κ2) is 11.3. The molecule has 0 saturated heterocycles. The summed E-state index contributed by atoms with van der Waals surface area (Å²) in [6.07, 6.45) is 21.2. The van der Waals surface area contributed by atoms with E-state index in [1.165, 1.54) is 57.8 Å². The van der Waals surface area contributed by atoms with Crippen molar-refractivity contribution in [1.82, 2.24) is 0 Å². The Balaban J connectivity index is 1.39. The van der Waals surface area contributed by atoms with Crippen LogP contribution in [0.3, 0.4) is 0 Å². The van der Waals surface area contributed by atoms with Gasteiger partial charge in [0.25, 0.3) is 0 Å². The van der Waals surface area contributed by atoms with Gasteiger partial charge >= 0.3 is 5.97 Å². The lowest BCUT2D eigenvalue weighted by Gasteiger charge is -2.58. The first-order valence-corrected chi connectivity index (χ1v) is 15.6. The molecule has 0 radical (unpaired) electrons. The van der Waals surface area contributed by atoms with E-state index < -0.39 is 0 Å². The largest absolute Gasteiger partial charge is 0.462 e. The summed E-state index contributed by atoms with van der Waals surface area (Å²) in [7, 11) is 0. The third-order valence-corrected chi connectivity index (χ3v) is 11.5. The van der Waals surface area contributed by atoms with Gasteiger partial charge in [-0.25, -0.2) is 0 Å². The van der Waals surface area contributed by atoms with Crippen molar-refractivity contribution in [1.29, 1.82) is 0 Å². The molecule has 2 nitrogen and oxygen atoms in total. The van der Waals surface area contributed by atoms with Gasteiger partial charge in [0.15, 0.2) is 0 Å². The minimum Gasteiger partial charge on any atom is -0.462 e. The molecule has 0 aliphatic heterocycles. The zero-order chi connectivity index (χ0) is 25.2. The van der Waals surface area contributed by atoms with Gasteiger partial charge in [-0.1, -0.05) is 85.3 Å². The fourth-order valence-electron chi connectivity index (χ4n) is 9.52. The first-order valence-electron chi connectivity index (χ1n) is 15.6. The maximum Gasteiger partial charge on any atom is 0.306 e. The molecule has 0 bridgehead atoms. The van der Waals surface area contributed by atoms with Crippen molar-refractivity contribution in [2.24, 2.45) is 46.3 Å². The molecular formula is C33H56O2. The molecule has 8 atom stereocenters. The van der Waals surface area contributed by atoms with Crippen molar-refractivity contribution in [2.75, 3.05) is 0 Å². The highest BCUT2D eigenvalue weighted by Crippen LogP contribution is 2.67. The Bertz CT molecular complexity index is 752. The van der Waals surface area contributed by atoms with Crippen LogP contribution in [0.15, 0.2) is 11.6 Å². The van der Waals surface area contributed by atoms with E-state index in [1.807, 2.05) is 0 Å². The first-order chi connectivity index (χ1) is 16.7. The minimum atomic E-state index is 0.0364. The van der Waals surface area contributed by atoms with E-state index in [9.17, 15) is 4.79 Å². The van der Waals surface area contributed by atoms with Crippen molar-refractivity contribution in [3.05, 3.63) is 11.6 Å². The highest BCUT2D eigenvalue weighted by Gasteiger charge is 2.59. The first kappa shape index (κ1) is 27.3. The molecular weight excluding hydrogens is 428 g/mol. The van der Waals surface area contributed by atoms with Gasteiger partial charge in [-0.2, -0.15) is 0 Å². The van der Waals surface area contributed by atoms with E-state index in [4.69, 9.17) is 4.74 Å². The second-order valence-corrected chi connectivity index (χ2v) is 14.1. The summed E-state index contributed by atoms with van der Waals surface area (Å²) in [6.45, 7) is 14.8. The van der Waals surface area contributed by atoms with Gasteiger partial charge in [0, 0.05) is 12.8 Å². The maximum absolute atomic E-state index is 12.4. The molecule has 0 N–H and O–H groups in total. The van der Waals surface area contributed by atoms with Gasteiger partial charge in [0.05, 0.1) is 0 Å². The summed E-state index contributed by atoms with van der Waals surface area (Å²) in [5, 5.41) is 0. The van der Waals surface area contributed by atoms with Crippen molar-refractivity contribution >= 4 is 5.97 Å². The van der Waals surface area contributed by atoms with Gasteiger partial charge in [-0.15, -0.1) is 0 Å². The van der Waals surface area contributed by atoms with Crippen molar-refractivity contribution in [3.63, 3.8) is 0 Å². The molecule has 2 heteroatoms. The Kier molecular flexibility index (Phi) is 8.80. The van der Waals surface area contributed by atoms with E-state index in [-0.39, 0.29) is 12.1 Å². The summed E-state index contributed by atoms with van der Waals surface area (Å²) in [5.74, 6) is 5.33. The molecule has 0 aromatic heterocycles. The average molecular weight is 485 g/mol. The number of ether oxygens (including phenoxy) is 1. The number of carbonyl (C=O) groups is 1. The molecule has 200 valence electrons. The van der Waals surface area contributed by atoms with Crippen molar-refractivity contribution < 1.29 is 9.53 Å². The Morgan fingerprint density at radius 1 is 1.00 bits per heavy atom. The number of hydrogen-bond acceptors (Lipinski definition) is 2. The lowest BCUT2D eigenvalue weighted by Crippen LogP contribution is -2.51. The Morgan fingerprint density at radius 2 is 1.80 bits per heavy atom. The van der Waals surface area contributed by atoms with Crippen LogP contribution in [0, 0.1) is 46.3 Å². The van der Waals surface area contributed by atoms with E-state index in [0.717, 1.165) is 67.6 Å². The minimum absolute atomic E-state index is 0.0364. The quantitative estimate of drug-likeness (QED) is 0.175. The summed E-state index contributed by atoms with van der Waals surface area (Å²) in [5.41, 5.74) is 2.54. The SMILES string of the molecule is CCCCCC(=O)OC1CCC2(C)C(=CCC3C2CCC2(C)C(C(C)CCCC(C)C)CCC32)C1.